The van der Waals surface area contributed by atoms with E-state index in [1.54, 1.807) is 7.11 Å². The molecule has 1 N–H and O–H groups in total. The van der Waals surface area contributed by atoms with Crippen molar-refractivity contribution in [2.75, 3.05) is 19.0 Å². The Labute approximate surface area is 123 Å². The molecule has 21 heavy (non-hydrogen) atoms. The zero-order chi connectivity index (χ0) is 14.3. The fourth-order valence-electron chi connectivity index (χ4n) is 3.30. The summed E-state index contributed by atoms with van der Waals surface area (Å²) in [5, 5.41) is 7.62. The molecule has 1 saturated carbocycles. The van der Waals surface area contributed by atoms with Gasteiger partial charge in [-0.1, -0.05) is 23.4 Å². The van der Waals surface area contributed by atoms with Crippen molar-refractivity contribution in [3.8, 4) is 0 Å². The Bertz CT molecular complexity index is 643. The summed E-state index contributed by atoms with van der Waals surface area (Å²) in [5.41, 5.74) is 2.09. The lowest BCUT2D eigenvalue weighted by atomic mass is 9.79. The second-order valence-corrected chi connectivity index (χ2v) is 5.86. The van der Waals surface area contributed by atoms with E-state index in [1.165, 1.54) is 11.3 Å². The van der Waals surface area contributed by atoms with E-state index < -0.39 is 0 Å². The molecule has 0 spiro atoms. The molecular formula is C16H19N3O2. The molecule has 0 bridgehead atoms. The van der Waals surface area contributed by atoms with Crippen LogP contribution in [0.2, 0.25) is 0 Å². The number of rotatable bonds is 3. The number of fused-ring (bicyclic) bond motifs is 1. The van der Waals surface area contributed by atoms with Gasteiger partial charge in [-0.05, 0) is 37.3 Å². The smallest absolute Gasteiger partial charge is 0.234 e. The first-order valence-corrected chi connectivity index (χ1v) is 7.54. The van der Waals surface area contributed by atoms with Gasteiger partial charge in [-0.15, -0.1) is 0 Å². The van der Waals surface area contributed by atoms with E-state index in [1.807, 2.05) is 6.07 Å². The van der Waals surface area contributed by atoms with E-state index in [0.717, 1.165) is 32.2 Å². The zero-order valence-corrected chi connectivity index (χ0v) is 12.1. The van der Waals surface area contributed by atoms with Gasteiger partial charge in [-0.2, -0.15) is 4.98 Å². The maximum absolute atomic E-state index is 5.63. The van der Waals surface area contributed by atoms with Crippen LogP contribution < -0.4 is 5.32 Å². The van der Waals surface area contributed by atoms with Crippen molar-refractivity contribution in [1.82, 2.24) is 10.1 Å². The normalized spacial score (nSPS) is 23.0. The number of nitrogens with one attached hydrogen (secondary N) is 1. The van der Waals surface area contributed by atoms with Gasteiger partial charge in [-0.25, -0.2) is 0 Å². The quantitative estimate of drug-likeness (QED) is 0.939. The predicted molar refractivity (Wildman–Crippen MR) is 78.2 cm³/mol. The lowest BCUT2D eigenvalue weighted by molar-refractivity contribution is -0.0858. The summed E-state index contributed by atoms with van der Waals surface area (Å²) in [6.45, 7) is 0.925. The number of nitrogens with zero attached hydrogens (tertiary/aromatic N) is 2. The van der Waals surface area contributed by atoms with Crippen LogP contribution >= 0.6 is 0 Å². The van der Waals surface area contributed by atoms with Crippen LogP contribution in [0.4, 0.5) is 5.69 Å². The number of methoxy groups -OCH3 is 1. The minimum Gasteiger partial charge on any atom is -0.385 e. The molecule has 1 fully saturated rings. The molecule has 2 heterocycles. The summed E-state index contributed by atoms with van der Waals surface area (Å²) >= 11 is 0. The van der Waals surface area contributed by atoms with Gasteiger partial charge in [0.15, 0.2) is 0 Å². The molecule has 110 valence electrons. The zero-order valence-electron chi connectivity index (χ0n) is 12.1. The minimum absolute atomic E-state index is 0.178. The van der Waals surface area contributed by atoms with Crippen molar-refractivity contribution in [2.45, 2.75) is 37.2 Å². The van der Waals surface area contributed by atoms with Crippen molar-refractivity contribution < 1.29 is 9.26 Å². The number of hydrogen-bond donors (Lipinski definition) is 1. The van der Waals surface area contributed by atoms with Gasteiger partial charge in [0, 0.05) is 19.3 Å². The molecule has 1 aliphatic heterocycles. The first kappa shape index (κ1) is 12.8. The fraction of sp³-hybridized carbons (Fsp3) is 0.500. The summed E-state index contributed by atoms with van der Waals surface area (Å²) in [6.07, 6.45) is 4.09. The average Bonchev–Trinajstić information content (AvgIpc) is 2.96. The van der Waals surface area contributed by atoms with Crippen LogP contribution in [-0.2, 0) is 10.3 Å². The van der Waals surface area contributed by atoms with E-state index in [-0.39, 0.29) is 11.5 Å². The third-order valence-corrected chi connectivity index (χ3v) is 4.78. The summed E-state index contributed by atoms with van der Waals surface area (Å²) < 4.78 is 11.2. The van der Waals surface area contributed by atoms with E-state index in [2.05, 4.69) is 33.7 Å². The molecule has 1 unspecified atom stereocenters. The van der Waals surface area contributed by atoms with Gasteiger partial charge in [0.05, 0.1) is 5.92 Å². The molecule has 0 radical (unpaired) electrons. The monoisotopic (exact) mass is 285 g/mol. The number of anilines is 1. The second-order valence-electron chi connectivity index (χ2n) is 5.86. The SMILES string of the molecule is COC1(c2noc(C3CCNc4ccccc43)n2)CCC1. The van der Waals surface area contributed by atoms with Crippen LogP contribution in [0.1, 0.15) is 48.9 Å². The first-order valence-electron chi connectivity index (χ1n) is 7.54. The Morgan fingerprint density at radius 1 is 1.33 bits per heavy atom. The van der Waals surface area contributed by atoms with E-state index >= 15 is 0 Å². The highest BCUT2D eigenvalue weighted by Crippen LogP contribution is 2.44. The molecule has 0 saturated heterocycles. The van der Waals surface area contributed by atoms with Crippen LogP contribution in [0.3, 0.4) is 0 Å². The second kappa shape index (κ2) is 4.84. The van der Waals surface area contributed by atoms with Crippen molar-refractivity contribution in [3.63, 3.8) is 0 Å². The van der Waals surface area contributed by atoms with Gasteiger partial charge in [0.1, 0.15) is 5.60 Å². The van der Waals surface area contributed by atoms with Crippen LogP contribution in [-0.4, -0.2) is 23.8 Å². The van der Waals surface area contributed by atoms with E-state index in [9.17, 15) is 0 Å². The Morgan fingerprint density at radius 2 is 2.19 bits per heavy atom. The number of benzene rings is 1. The average molecular weight is 285 g/mol. The van der Waals surface area contributed by atoms with Crippen LogP contribution in [0.15, 0.2) is 28.8 Å². The van der Waals surface area contributed by atoms with Gasteiger partial charge >= 0.3 is 0 Å². The van der Waals surface area contributed by atoms with Crippen molar-refractivity contribution in [3.05, 3.63) is 41.5 Å². The summed E-state index contributed by atoms with van der Waals surface area (Å²) in [4.78, 5) is 4.67. The molecule has 1 aromatic carbocycles. The van der Waals surface area contributed by atoms with Crippen molar-refractivity contribution in [1.29, 1.82) is 0 Å². The Hall–Kier alpha value is -1.88. The standard InChI is InChI=1S/C16H19N3O2/c1-20-16(8-4-9-16)15-18-14(21-19-15)12-7-10-17-13-6-3-2-5-11(12)13/h2-3,5-6,12,17H,4,7-10H2,1H3. The Balaban J connectivity index is 1.68. The van der Waals surface area contributed by atoms with Gasteiger partial charge in [-0.3, -0.25) is 0 Å². The van der Waals surface area contributed by atoms with Gasteiger partial charge in [0.2, 0.25) is 11.7 Å². The molecular weight excluding hydrogens is 266 g/mol. The van der Waals surface area contributed by atoms with Crippen molar-refractivity contribution >= 4 is 5.69 Å². The maximum atomic E-state index is 5.63. The first-order chi connectivity index (χ1) is 10.3. The molecule has 4 rings (SSSR count). The van der Waals surface area contributed by atoms with Crippen molar-refractivity contribution in [2.24, 2.45) is 0 Å². The summed E-state index contributed by atoms with van der Waals surface area (Å²) in [7, 11) is 1.73. The number of para-hydroxylation sites is 1. The van der Waals surface area contributed by atoms with Crippen LogP contribution in [0.25, 0.3) is 0 Å². The van der Waals surface area contributed by atoms with E-state index in [0.29, 0.717) is 11.7 Å². The number of ether oxygens (including phenoxy) is 1. The molecule has 1 atom stereocenters. The maximum Gasteiger partial charge on any atom is 0.234 e. The lowest BCUT2D eigenvalue weighted by Gasteiger charge is -2.37. The lowest BCUT2D eigenvalue weighted by Crippen LogP contribution is -2.37. The molecule has 1 aromatic heterocycles. The Kier molecular flexibility index (Phi) is 2.96. The van der Waals surface area contributed by atoms with Crippen LogP contribution in [0.5, 0.6) is 0 Å². The molecule has 5 heteroatoms. The molecule has 2 aromatic rings. The van der Waals surface area contributed by atoms with Crippen LogP contribution in [0, 0.1) is 0 Å². The fourth-order valence-corrected chi connectivity index (χ4v) is 3.30. The Morgan fingerprint density at radius 3 is 2.95 bits per heavy atom. The van der Waals surface area contributed by atoms with Gasteiger partial charge < -0.3 is 14.6 Å². The summed E-state index contributed by atoms with van der Waals surface area (Å²) in [5.74, 6) is 1.60. The highest BCUT2D eigenvalue weighted by molar-refractivity contribution is 5.56. The molecule has 0 amide bonds. The van der Waals surface area contributed by atoms with Gasteiger partial charge in [0.25, 0.3) is 0 Å². The summed E-state index contributed by atoms with van der Waals surface area (Å²) in [6, 6.07) is 8.33. The molecule has 5 nitrogen and oxygen atoms in total. The molecule has 2 aliphatic rings. The highest BCUT2D eigenvalue weighted by Gasteiger charge is 2.43. The largest absolute Gasteiger partial charge is 0.385 e. The number of hydrogen-bond acceptors (Lipinski definition) is 5. The number of aromatic nitrogens is 2. The highest BCUT2D eigenvalue weighted by atomic mass is 16.5. The minimum atomic E-state index is -0.311. The van der Waals surface area contributed by atoms with E-state index in [4.69, 9.17) is 9.26 Å². The third kappa shape index (κ3) is 1.95. The topological polar surface area (TPSA) is 60.2 Å². The third-order valence-electron chi connectivity index (χ3n) is 4.78. The molecule has 1 aliphatic carbocycles. The predicted octanol–water partition coefficient (Wildman–Crippen LogP) is 3.04.